The van der Waals surface area contributed by atoms with Crippen LogP contribution in [-0.4, -0.2) is 84.9 Å². The zero-order valence-corrected chi connectivity index (χ0v) is 14.4. The second-order valence-electron chi connectivity index (χ2n) is 6.55. The van der Waals surface area contributed by atoms with Gasteiger partial charge < -0.3 is 19.4 Å². The summed E-state index contributed by atoms with van der Waals surface area (Å²) in [5.74, 6) is 1.19. The zero-order valence-electron chi connectivity index (χ0n) is 14.4. The lowest BCUT2D eigenvalue weighted by Crippen LogP contribution is -2.48. The molecule has 1 aromatic rings. The van der Waals surface area contributed by atoms with Crippen LogP contribution in [-0.2, 0) is 9.53 Å². The van der Waals surface area contributed by atoms with Gasteiger partial charge in [0.25, 0.3) is 0 Å². The Morgan fingerprint density at radius 3 is 2.96 bits per heavy atom. The minimum atomic E-state index is 0.242. The van der Waals surface area contributed by atoms with Gasteiger partial charge >= 0.3 is 0 Å². The smallest absolute Gasteiger partial charge is 0.224 e. The Morgan fingerprint density at radius 2 is 2.21 bits per heavy atom. The van der Waals surface area contributed by atoms with E-state index in [9.17, 15) is 4.79 Å². The van der Waals surface area contributed by atoms with E-state index in [1.165, 1.54) is 6.42 Å². The van der Waals surface area contributed by atoms with Gasteiger partial charge in [-0.15, -0.1) is 5.10 Å². The quantitative estimate of drug-likeness (QED) is 0.787. The maximum Gasteiger partial charge on any atom is 0.224 e. The molecule has 24 heavy (non-hydrogen) atoms. The number of nitrogens with zero attached hydrogens (tertiary/aromatic N) is 5. The molecule has 1 unspecified atom stereocenters. The predicted molar refractivity (Wildman–Crippen MR) is 91.9 cm³/mol. The Bertz CT molecular complexity index is 521. The molecule has 1 aromatic heterocycles. The molecule has 0 spiro atoms. The first-order valence-electron chi connectivity index (χ1n) is 8.82. The van der Waals surface area contributed by atoms with Crippen LogP contribution in [0.5, 0.6) is 0 Å². The molecular formula is C17H27N5O2. The van der Waals surface area contributed by atoms with Crippen LogP contribution in [0.4, 0.5) is 5.82 Å². The highest BCUT2D eigenvalue weighted by Crippen LogP contribution is 2.19. The van der Waals surface area contributed by atoms with Crippen LogP contribution in [0.1, 0.15) is 19.3 Å². The van der Waals surface area contributed by atoms with Gasteiger partial charge in [0.15, 0.2) is 5.82 Å². The maximum atomic E-state index is 12.3. The summed E-state index contributed by atoms with van der Waals surface area (Å²) in [5, 5.41) is 8.19. The number of carbonyl (C=O) groups excluding carboxylic acids is 1. The molecule has 0 aliphatic carbocycles. The van der Waals surface area contributed by atoms with Crippen molar-refractivity contribution in [3.63, 3.8) is 0 Å². The molecule has 7 nitrogen and oxygen atoms in total. The van der Waals surface area contributed by atoms with E-state index in [0.717, 1.165) is 45.0 Å². The van der Waals surface area contributed by atoms with Gasteiger partial charge in [-0.25, -0.2) is 0 Å². The molecule has 0 bridgehead atoms. The van der Waals surface area contributed by atoms with Crippen LogP contribution in [0.15, 0.2) is 18.3 Å². The Balaban J connectivity index is 1.47. The number of morpholine rings is 1. The molecule has 3 rings (SSSR count). The fourth-order valence-electron chi connectivity index (χ4n) is 3.41. The largest absolute Gasteiger partial charge is 0.378 e. The number of hydrogen-bond donors (Lipinski definition) is 0. The van der Waals surface area contributed by atoms with Crippen LogP contribution < -0.4 is 4.90 Å². The van der Waals surface area contributed by atoms with Crippen molar-refractivity contribution < 1.29 is 9.53 Å². The molecule has 2 aliphatic rings. The average Bonchev–Trinajstić information content (AvgIpc) is 2.67. The van der Waals surface area contributed by atoms with Gasteiger partial charge in [0, 0.05) is 51.4 Å². The predicted octanol–water partition coefficient (Wildman–Crippen LogP) is 0.626. The number of hydrogen-bond acceptors (Lipinski definition) is 6. The molecule has 2 saturated heterocycles. The molecule has 2 aliphatic heterocycles. The summed E-state index contributed by atoms with van der Waals surface area (Å²) in [6.07, 6.45) is 4.59. The summed E-state index contributed by atoms with van der Waals surface area (Å²) in [6.45, 7) is 5.55. The lowest BCUT2D eigenvalue weighted by Gasteiger charge is -2.38. The van der Waals surface area contributed by atoms with Crippen molar-refractivity contribution in [1.82, 2.24) is 20.0 Å². The molecule has 0 radical (unpaired) electrons. The second kappa shape index (κ2) is 8.39. The van der Waals surface area contributed by atoms with E-state index in [-0.39, 0.29) is 5.91 Å². The Kier molecular flexibility index (Phi) is 5.98. The van der Waals surface area contributed by atoms with Crippen LogP contribution in [0.2, 0.25) is 0 Å². The molecular weight excluding hydrogens is 306 g/mol. The molecule has 1 amide bonds. The topological polar surface area (TPSA) is 61.8 Å². The van der Waals surface area contributed by atoms with Crippen molar-refractivity contribution in [2.24, 2.45) is 0 Å². The Morgan fingerprint density at radius 1 is 1.38 bits per heavy atom. The Hall–Kier alpha value is -1.73. The first-order chi connectivity index (χ1) is 11.7. The number of likely N-dealkylation sites (N-methyl/N-ethyl adjacent to an activating group) is 1. The zero-order chi connectivity index (χ0) is 16.8. The molecule has 132 valence electrons. The van der Waals surface area contributed by atoms with Crippen molar-refractivity contribution in [2.75, 3.05) is 57.9 Å². The highest BCUT2D eigenvalue weighted by molar-refractivity contribution is 5.76. The molecule has 0 saturated carbocycles. The van der Waals surface area contributed by atoms with Crippen molar-refractivity contribution in [3.05, 3.63) is 18.3 Å². The first-order valence-corrected chi connectivity index (χ1v) is 8.82. The number of amides is 1. The third-order valence-corrected chi connectivity index (χ3v) is 4.94. The van der Waals surface area contributed by atoms with Gasteiger partial charge in [0.05, 0.1) is 13.2 Å². The number of carbonyl (C=O) groups is 1. The molecule has 1 atom stereocenters. The molecule has 7 heteroatoms. The lowest BCUT2D eigenvalue weighted by atomic mass is 10.0. The fourth-order valence-corrected chi connectivity index (χ4v) is 3.41. The maximum absolute atomic E-state index is 12.3. The Labute approximate surface area is 143 Å². The van der Waals surface area contributed by atoms with E-state index in [0.29, 0.717) is 25.7 Å². The van der Waals surface area contributed by atoms with E-state index < -0.39 is 0 Å². The number of aromatic nitrogens is 2. The lowest BCUT2D eigenvalue weighted by molar-refractivity contribution is -0.135. The van der Waals surface area contributed by atoms with Gasteiger partial charge in [-0.05, 0) is 32.0 Å². The fraction of sp³-hybridized carbons (Fsp3) is 0.706. The van der Waals surface area contributed by atoms with E-state index in [4.69, 9.17) is 4.74 Å². The standard InChI is InChI=1S/C17H27N5O2/c1-20(9-6-17(23)21-10-12-24-13-11-21)15-4-3-8-22(14-15)16-5-2-7-18-19-16/h2,5,7,15H,3-4,6,8-14H2,1H3. The summed E-state index contributed by atoms with van der Waals surface area (Å²) in [7, 11) is 2.12. The molecule has 3 heterocycles. The monoisotopic (exact) mass is 333 g/mol. The number of ether oxygens (including phenoxy) is 1. The van der Waals surface area contributed by atoms with Gasteiger partial charge in [0.1, 0.15) is 0 Å². The summed E-state index contributed by atoms with van der Waals surface area (Å²) in [4.78, 5) is 18.8. The second-order valence-corrected chi connectivity index (χ2v) is 6.55. The first kappa shape index (κ1) is 17.1. The SMILES string of the molecule is CN(CCC(=O)N1CCOCC1)C1CCCN(c2cccnn2)C1. The van der Waals surface area contributed by atoms with Crippen LogP contribution in [0, 0.1) is 0 Å². The van der Waals surface area contributed by atoms with Crippen LogP contribution >= 0.6 is 0 Å². The summed E-state index contributed by atoms with van der Waals surface area (Å²) in [6, 6.07) is 4.40. The third-order valence-electron chi connectivity index (χ3n) is 4.94. The van der Waals surface area contributed by atoms with Gasteiger partial charge in [-0.1, -0.05) is 0 Å². The normalized spacial score (nSPS) is 22.0. The van der Waals surface area contributed by atoms with Crippen molar-refractivity contribution in [1.29, 1.82) is 0 Å². The van der Waals surface area contributed by atoms with E-state index in [2.05, 4.69) is 27.0 Å². The van der Waals surface area contributed by atoms with Gasteiger partial charge in [0.2, 0.25) is 5.91 Å². The van der Waals surface area contributed by atoms with Crippen LogP contribution in [0.25, 0.3) is 0 Å². The van der Waals surface area contributed by atoms with E-state index in [1.807, 2.05) is 17.0 Å². The highest BCUT2D eigenvalue weighted by Gasteiger charge is 2.25. The van der Waals surface area contributed by atoms with Crippen molar-refractivity contribution in [3.8, 4) is 0 Å². The molecule has 0 aromatic carbocycles. The van der Waals surface area contributed by atoms with Gasteiger partial charge in [-0.3, -0.25) is 4.79 Å². The molecule has 2 fully saturated rings. The van der Waals surface area contributed by atoms with Crippen molar-refractivity contribution >= 4 is 11.7 Å². The van der Waals surface area contributed by atoms with E-state index >= 15 is 0 Å². The summed E-state index contributed by atoms with van der Waals surface area (Å²) >= 11 is 0. The summed E-state index contributed by atoms with van der Waals surface area (Å²) < 4.78 is 5.30. The highest BCUT2D eigenvalue weighted by atomic mass is 16.5. The third kappa shape index (κ3) is 4.42. The van der Waals surface area contributed by atoms with Crippen LogP contribution in [0.3, 0.4) is 0 Å². The average molecular weight is 333 g/mol. The minimum absolute atomic E-state index is 0.242. The number of rotatable bonds is 5. The molecule has 0 N–H and O–H groups in total. The van der Waals surface area contributed by atoms with Crippen molar-refractivity contribution in [2.45, 2.75) is 25.3 Å². The van der Waals surface area contributed by atoms with E-state index in [1.54, 1.807) is 6.20 Å². The minimum Gasteiger partial charge on any atom is -0.378 e. The summed E-state index contributed by atoms with van der Waals surface area (Å²) in [5.41, 5.74) is 0. The number of anilines is 1. The van der Waals surface area contributed by atoms with Gasteiger partial charge in [-0.2, -0.15) is 5.10 Å². The number of piperidine rings is 1.